The standard InChI is InChI=1S/C15H21N5O3S/c1-15(9-2-10-23-15)11-16-24(21,22)13-6-3-12(4-7-13)5-8-14-17-19-20-18-14/h3-4,6-7,16H,2,5,8-11H2,1H3,(H,17,18,19,20). The third-order valence-electron chi connectivity index (χ3n) is 4.20. The lowest BCUT2D eigenvalue weighted by Gasteiger charge is -2.23. The predicted molar refractivity (Wildman–Crippen MR) is 86.8 cm³/mol. The first kappa shape index (κ1) is 17.0. The first-order valence-electron chi connectivity index (χ1n) is 7.92. The molecule has 9 heteroatoms. The Kier molecular flexibility index (Phi) is 4.93. The molecular formula is C15H21N5O3S. The fourth-order valence-corrected chi connectivity index (χ4v) is 3.84. The van der Waals surface area contributed by atoms with Crippen LogP contribution in [-0.4, -0.2) is 47.8 Å². The summed E-state index contributed by atoms with van der Waals surface area (Å²) >= 11 is 0. The van der Waals surface area contributed by atoms with Gasteiger partial charge in [-0.25, -0.2) is 13.1 Å². The SMILES string of the molecule is CC1(CNS(=O)(=O)c2ccc(CCc3nn[nH]n3)cc2)CCCO1. The fourth-order valence-electron chi connectivity index (χ4n) is 2.69. The van der Waals surface area contributed by atoms with Gasteiger partial charge in [0, 0.05) is 19.6 Å². The maximum Gasteiger partial charge on any atom is 0.240 e. The lowest BCUT2D eigenvalue weighted by Crippen LogP contribution is -2.40. The van der Waals surface area contributed by atoms with Crippen molar-refractivity contribution in [3.05, 3.63) is 35.7 Å². The van der Waals surface area contributed by atoms with Gasteiger partial charge in [0.15, 0.2) is 5.82 Å². The molecule has 2 heterocycles. The molecule has 130 valence electrons. The predicted octanol–water partition coefficient (Wildman–Crippen LogP) is 0.832. The Morgan fingerprint density at radius 1 is 1.29 bits per heavy atom. The monoisotopic (exact) mass is 351 g/mol. The molecule has 24 heavy (non-hydrogen) atoms. The summed E-state index contributed by atoms with van der Waals surface area (Å²) < 4.78 is 33.0. The van der Waals surface area contributed by atoms with Crippen LogP contribution in [0.3, 0.4) is 0 Å². The third-order valence-corrected chi connectivity index (χ3v) is 5.61. The maximum atomic E-state index is 12.4. The molecule has 0 bridgehead atoms. The van der Waals surface area contributed by atoms with E-state index in [2.05, 4.69) is 25.3 Å². The summed E-state index contributed by atoms with van der Waals surface area (Å²) in [5.41, 5.74) is 0.613. The summed E-state index contributed by atoms with van der Waals surface area (Å²) in [5.74, 6) is 0.637. The minimum atomic E-state index is -3.53. The second kappa shape index (κ2) is 6.96. The Morgan fingerprint density at radius 2 is 2.08 bits per heavy atom. The third kappa shape index (κ3) is 4.16. The van der Waals surface area contributed by atoms with Crippen molar-refractivity contribution in [1.82, 2.24) is 25.3 Å². The number of hydrogen-bond acceptors (Lipinski definition) is 6. The average molecular weight is 351 g/mol. The molecule has 1 fully saturated rings. The lowest BCUT2D eigenvalue weighted by atomic mass is 10.0. The Morgan fingerprint density at radius 3 is 2.71 bits per heavy atom. The zero-order chi connectivity index (χ0) is 17.0. The highest BCUT2D eigenvalue weighted by atomic mass is 32.2. The normalized spacial score (nSPS) is 21.2. The number of aryl methyl sites for hydroxylation is 2. The molecule has 0 radical (unpaired) electrons. The van der Waals surface area contributed by atoms with E-state index < -0.39 is 15.6 Å². The minimum absolute atomic E-state index is 0.257. The number of aromatic nitrogens is 4. The first-order valence-corrected chi connectivity index (χ1v) is 9.40. The van der Waals surface area contributed by atoms with Gasteiger partial charge in [-0.3, -0.25) is 0 Å². The number of benzene rings is 1. The molecule has 1 aromatic heterocycles. The molecule has 0 saturated carbocycles. The number of hydrogen-bond donors (Lipinski definition) is 2. The van der Waals surface area contributed by atoms with Crippen LogP contribution in [0, 0.1) is 0 Å². The van der Waals surface area contributed by atoms with Gasteiger partial charge in [-0.05, 0) is 43.9 Å². The van der Waals surface area contributed by atoms with Gasteiger partial charge >= 0.3 is 0 Å². The van der Waals surface area contributed by atoms with Crippen LogP contribution in [0.15, 0.2) is 29.2 Å². The van der Waals surface area contributed by atoms with Crippen molar-refractivity contribution >= 4 is 10.0 Å². The van der Waals surface area contributed by atoms with Crippen LogP contribution in [-0.2, 0) is 27.6 Å². The van der Waals surface area contributed by atoms with Crippen LogP contribution in [0.25, 0.3) is 0 Å². The Bertz CT molecular complexity index is 753. The Labute approximate surface area is 141 Å². The molecule has 1 saturated heterocycles. The highest BCUT2D eigenvalue weighted by Crippen LogP contribution is 2.24. The van der Waals surface area contributed by atoms with Crippen molar-refractivity contribution in [2.75, 3.05) is 13.2 Å². The summed E-state index contributed by atoms with van der Waals surface area (Å²) in [6, 6.07) is 6.85. The van der Waals surface area contributed by atoms with E-state index in [0.717, 1.165) is 24.8 Å². The molecule has 0 amide bonds. The van der Waals surface area contributed by atoms with E-state index >= 15 is 0 Å². The van der Waals surface area contributed by atoms with Crippen LogP contribution in [0.2, 0.25) is 0 Å². The summed E-state index contributed by atoms with van der Waals surface area (Å²) in [4.78, 5) is 0.257. The Hall–Kier alpha value is -1.84. The number of aromatic amines is 1. The molecule has 1 aliphatic heterocycles. The molecule has 1 aromatic carbocycles. The number of rotatable bonds is 7. The molecule has 1 unspecified atom stereocenters. The quantitative estimate of drug-likeness (QED) is 0.765. The van der Waals surface area contributed by atoms with E-state index in [1.54, 1.807) is 12.1 Å². The van der Waals surface area contributed by atoms with Crippen molar-refractivity contribution in [2.24, 2.45) is 0 Å². The number of ether oxygens (including phenoxy) is 1. The second-order valence-electron chi connectivity index (χ2n) is 6.20. The van der Waals surface area contributed by atoms with Gasteiger partial charge in [0.1, 0.15) is 0 Å². The number of nitrogens with one attached hydrogen (secondary N) is 2. The first-order chi connectivity index (χ1) is 11.5. The van der Waals surface area contributed by atoms with Crippen molar-refractivity contribution in [1.29, 1.82) is 0 Å². The summed E-state index contributed by atoms with van der Waals surface area (Å²) in [6.45, 7) is 2.91. The summed E-state index contributed by atoms with van der Waals surface area (Å²) in [7, 11) is -3.53. The molecule has 2 N–H and O–H groups in total. The molecule has 1 aliphatic rings. The van der Waals surface area contributed by atoms with Gasteiger partial charge in [0.25, 0.3) is 0 Å². The second-order valence-corrected chi connectivity index (χ2v) is 7.97. The summed E-state index contributed by atoms with van der Waals surface area (Å²) in [5, 5.41) is 13.7. The van der Waals surface area contributed by atoms with Gasteiger partial charge in [-0.1, -0.05) is 17.3 Å². The highest BCUT2D eigenvalue weighted by molar-refractivity contribution is 7.89. The van der Waals surface area contributed by atoms with E-state index in [1.807, 2.05) is 19.1 Å². The van der Waals surface area contributed by atoms with Gasteiger partial charge < -0.3 is 4.74 Å². The minimum Gasteiger partial charge on any atom is -0.374 e. The molecule has 0 aliphatic carbocycles. The smallest absolute Gasteiger partial charge is 0.240 e. The topological polar surface area (TPSA) is 110 Å². The molecule has 2 aromatic rings. The zero-order valence-electron chi connectivity index (χ0n) is 13.5. The summed E-state index contributed by atoms with van der Waals surface area (Å²) in [6.07, 6.45) is 3.20. The van der Waals surface area contributed by atoms with Gasteiger partial charge in [-0.2, -0.15) is 5.21 Å². The van der Waals surface area contributed by atoms with Crippen LogP contribution in [0.4, 0.5) is 0 Å². The van der Waals surface area contributed by atoms with Crippen molar-refractivity contribution < 1.29 is 13.2 Å². The molecule has 0 spiro atoms. The van der Waals surface area contributed by atoms with E-state index in [-0.39, 0.29) is 11.4 Å². The van der Waals surface area contributed by atoms with Crippen LogP contribution in [0.1, 0.15) is 31.2 Å². The van der Waals surface area contributed by atoms with E-state index in [9.17, 15) is 8.42 Å². The number of sulfonamides is 1. The zero-order valence-corrected chi connectivity index (χ0v) is 14.3. The average Bonchev–Trinajstić information content (AvgIpc) is 3.24. The lowest BCUT2D eigenvalue weighted by molar-refractivity contribution is 0.0250. The highest BCUT2D eigenvalue weighted by Gasteiger charge is 2.31. The van der Waals surface area contributed by atoms with Gasteiger partial charge in [-0.15, -0.1) is 10.2 Å². The van der Waals surface area contributed by atoms with Gasteiger partial charge in [0.05, 0.1) is 10.5 Å². The van der Waals surface area contributed by atoms with Crippen LogP contribution >= 0.6 is 0 Å². The van der Waals surface area contributed by atoms with Crippen molar-refractivity contribution in [3.63, 3.8) is 0 Å². The number of H-pyrrole nitrogens is 1. The van der Waals surface area contributed by atoms with Crippen molar-refractivity contribution in [2.45, 2.75) is 43.1 Å². The molecule has 1 atom stereocenters. The largest absolute Gasteiger partial charge is 0.374 e. The molecule has 3 rings (SSSR count). The maximum absolute atomic E-state index is 12.4. The van der Waals surface area contributed by atoms with Crippen molar-refractivity contribution in [3.8, 4) is 0 Å². The van der Waals surface area contributed by atoms with E-state index in [4.69, 9.17) is 4.74 Å². The van der Waals surface area contributed by atoms with E-state index in [1.165, 1.54) is 0 Å². The fraction of sp³-hybridized carbons (Fsp3) is 0.533. The number of tetrazole rings is 1. The number of nitrogens with zero attached hydrogens (tertiary/aromatic N) is 3. The van der Waals surface area contributed by atoms with Crippen LogP contribution in [0.5, 0.6) is 0 Å². The van der Waals surface area contributed by atoms with Gasteiger partial charge in [0.2, 0.25) is 10.0 Å². The molecular weight excluding hydrogens is 330 g/mol. The molecule has 8 nitrogen and oxygen atoms in total. The van der Waals surface area contributed by atoms with E-state index in [0.29, 0.717) is 18.9 Å². The Balaban J connectivity index is 1.59. The van der Waals surface area contributed by atoms with Crippen LogP contribution < -0.4 is 4.72 Å².